The van der Waals surface area contributed by atoms with Gasteiger partial charge in [-0.1, -0.05) is 6.08 Å². The summed E-state index contributed by atoms with van der Waals surface area (Å²) in [7, 11) is 1.63. The highest BCUT2D eigenvalue weighted by Crippen LogP contribution is 2.06. The van der Waals surface area contributed by atoms with Crippen LogP contribution in [0.25, 0.3) is 0 Å². The molecule has 2 N–H and O–H groups in total. The zero-order chi connectivity index (χ0) is 13.4. The lowest BCUT2D eigenvalue weighted by Crippen LogP contribution is -2.25. The molecule has 1 heterocycles. The van der Waals surface area contributed by atoms with Crippen LogP contribution in [0.15, 0.2) is 18.7 Å². The van der Waals surface area contributed by atoms with Crippen LogP contribution in [-0.2, 0) is 4.74 Å². The highest BCUT2D eigenvalue weighted by atomic mass is 16.5. The number of aryl methyl sites for hydroxylation is 1. The summed E-state index contributed by atoms with van der Waals surface area (Å²) in [6, 6.07) is 1.61. The van der Waals surface area contributed by atoms with Crippen LogP contribution in [0.1, 0.15) is 16.3 Å². The number of rotatable bonds is 7. The normalized spacial score (nSPS) is 9.89. The van der Waals surface area contributed by atoms with Crippen LogP contribution < -0.4 is 10.6 Å². The minimum absolute atomic E-state index is 0.241. The quantitative estimate of drug-likeness (QED) is 0.552. The molecule has 0 aliphatic heterocycles. The number of ether oxygens (including phenoxy) is 1. The van der Waals surface area contributed by atoms with E-state index in [1.165, 1.54) is 0 Å². The van der Waals surface area contributed by atoms with Crippen molar-refractivity contribution in [1.29, 1.82) is 0 Å². The van der Waals surface area contributed by atoms with Gasteiger partial charge < -0.3 is 15.4 Å². The van der Waals surface area contributed by atoms with Gasteiger partial charge in [-0.3, -0.25) is 4.79 Å². The Morgan fingerprint density at radius 2 is 2.33 bits per heavy atom. The lowest BCUT2D eigenvalue weighted by molar-refractivity contribution is 0.0952. The largest absolute Gasteiger partial charge is 0.383 e. The molecule has 6 heteroatoms. The molecule has 0 aliphatic carbocycles. The number of methoxy groups -OCH3 is 1. The van der Waals surface area contributed by atoms with Crippen molar-refractivity contribution in [3.05, 3.63) is 30.2 Å². The van der Waals surface area contributed by atoms with E-state index in [1.54, 1.807) is 26.2 Å². The van der Waals surface area contributed by atoms with Crippen LogP contribution in [0.5, 0.6) is 0 Å². The predicted octanol–water partition coefficient (Wildman–Crippen LogP) is 0.759. The van der Waals surface area contributed by atoms with Crippen LogP contribution in [-0.4, -0.2) is 42.7 Å². The SMILES string of the molecule is C=CCNC(=O)c1cc(NCCOC)nc(C)n1. The van der Waals surface area contributed by atoms with Crippen molar-refractivity contribution in [2.75, 3.05) is 32.1 Å². The van der Waals surface area contributed by atoms with Gasteiger partial charge in [0.25, 0.3) is 5.91 Å². The van der Waals surface area contributed by atoms with Gasteiger partial charge in [0, 0.05) is 26.3 Å². The first-order chi connectivity index (χ1) is 8.67. The summed E-state index contributed by atoms with van der Waals surface area (Å²) >= 11 is 0. The van der Waals surface area contributed by atoms with Gasteiger partial charge in [-0.25, -0.2) is 9.97 Å². The summed E-state index contributed by atoms with van der Waals surface area (Å²) in [5.74, 6) is 0.916. The van der Waals surface area contributed by atoms with Crippen molar-refractivity contribution < 1.29 is 9.53 Å². The maximum atomic E-state index is 11.7. The van der Waals surface area contributed by atoms with Gasteiger partial charge in [0.2, 0.25) is 0 Å². The zero-order valence-electron chi connectivity index (χ0n) is 10.7. The maximum absolute atomic E-state index is 11.7. The lowest BCUT2D eigenvalue weighted by atomic mass is 10.3. The summed E-state index contributed by atoms with van der Waals surface area (Å²) in [6.07, 6.45) is 1.61. The molecule has 0 radical (unpaired) electrons. The molecule has 0 spiro atoms. The number of carbonyl (C=O) groups excluding carboxylic acids is 1. The van der Waals surface area contributed by atoms with Gasteiger partial charge in [-0.15, -0.1) is 6.58 Å². The number of anilines is 1. The van der Waals surface area contributed by atoms with Gasteiger partial charge in [0.1, 0.15) is 17.3 Å². The Hall–Kier alpha value is -1.95. The van der Waals surface area contributed by atoms with E-state index >= 15 is 0 Å². The molecule has 0 saturated heterocycles. The van der Waals surface area contributed by atoms with Gasteiger partial charge >= 0.3 is 0 Å². The molecule has 1 aromatic heterocycles. The highest BCUT2D eigenvalue weighted by molar-refractivity contribution is 5.93. The van der Waals surface area contributed by atoms with E-state index in [4.69, 9.17) is 4.74 Å². The molecule has 6 nitrogen and oxygen atoms in total. The Morgan fingerprint density at radius 1 is 1.56 bits per heavy atom. The Balaban J connectivity index is 2.73. The van der Waals surface area contributed by atoms with Crippen molar-refractivity contribution in [3.8, 4) is 0 Å². The first-order valence-corrected chi connectivity index (χ1v) is 5.65. The van der Waals surface area contributed by atoms with Crippen molar-refractivity contribution in [2.24, 2.45) is 0 Å². The first-order valence-electron chi connectivity index (χ1n) is 5.65. The Morgan fingerprint density at radius 3 is 3.00 bits per heavy atom. The zero-order valence-corrected chi connectivity index (χ0v) is 10.7. The molecular weight excluding hydrogens is 232 g/mol. The molecular formula is C12H18N4O2. The fraction of sp³-hybridized carbons (Fsp3) is 0.417. The number of aromatic nitrogens is 2. The van der Waals surface area contributed by atoms with E-state index in [0.29, 0.717) is 37.0 Å². The van der Waals surface area contributed by atoms with E-state index < -0.39 is 0 Å². The second-order valence-electron chi connectivity index (χ2n) is 3.60. The summed E-state index contributed by atoms with van der Waals surface area (Å²) in [4.78, 5) is 20.0. The number of nitrogens with zero attached hydrogens (tertiary/aromatic N) is 2. The molecule has 18 heavy (non-hydrogen) atoms. The van der Waals surface area contributed by atoms with Crippen LogP contribution in [0.3, 0.4) is 0 Å². The Bertz CT molecular complexity index is 421. The standard InChI is InChI=1S/C12H18N4O2/c1-4-5-14-12(17)10-8-11(13-6-7-18-3)16-9(2)15-10/h4,8H,1,5-7H2,2-3H3,(H,14,17)(H,13,15,16). The number of hydrogen-bond donors (Lipinski definition) is 2. The van der Waals surface area contributed by atoms with Crippen molar-refractivity contribution in [3.63, 3.8) is 0 Å². The van der Waals surface area contributed by atoms with E-state index in [1.807, 2.05) is 0 Å². The second kappa shape index (κ2) is 7.39. The molecule has 1 amide bonds. The number of hydrogen-bond acceptors (Lipinski definition) is 5. The van der Waals surface area contributed by atoms with Gasteiger partial charge in [-0.05, 0) is 6.92 Å². The fourth-order valence-electron chi connectivity index (χ4n) is 1.31. The number of nitrogens with one attached hydrogen (secondary N) is 2. The van der Waals surface area contributed by atoms with Crippen LogP contribution in [0.2, 0.25) is 0 Å². The molecule has 98 valence electrons. The van der Waals surface area contributed by atoms with E-state index in [0.717, 1.165) is 0 Å². The molecule has 1 rings (SSSR count). The summed E-state index contributed by atoms with van der Waals surface area (Å²) in [5, 5.41) is 5.73. The third kappa shape index (κ3) is 4.50. The summed E-state index contributed by atoms with van der Waals surface area (Å²) in [5.41, 5.74) is 0.337. The van der Waals surface area contributed by atoms with Crippen molar-refractivity contribution in [1.82, 2.24) is 15.3 Å². The van der Waals surface area contributed by atoms with Crippen molar-refractivity contribution in [2.45, 2.75) is 6.92 Å². The lowest BCUT2D eigenvalue weighted by Gasteiger charge is -2.08. The Kier molecular flexibility index (Phi) is 5.79. The first kappa shape index (κ1) is 14.1. The molecule has 0 aliphatic rings. The molecule has 0 fully saturated rings. The van der Waals surface area contributed by atoms with Crippen LogP contribution in [0.4, 0.5) is 5.82 Å². The minimum Gasteiger partial charge on any atom is -0.383 e. The smallest absolute Gasteiger partial charge is 0.270 e. The topological polar surface area (TPSA) is 76.1 Å². The Labute approximate surface area is 106 Å². The summed E-state index contributed by atoms with van der Waals surface area (Å²) in [6.45, 7) is 6.89. The minimum atomic E-state index is -0.241. The maximum Gasteiger partial charge on any atom is 0.270 e. The van der Waals surface area contributed by atoms with E-state index in [2.05, 4.69) is 27.2 Å². The predicted molar refractivity (Wildman–Crippen MR) is 69.7 cm³/mol. The molecule has 0 aromatic carbocycles. The number of carbonyl (C=O) groups is 1. The average Bonchev–Trinajstić information content (AvgIpc) is 2.35. The second-order valence-corrected chi connectivity index (χ2v) is 3.60. The fourth-order valence-corrected chi connectivity index (χ4v) is 1.31. The van der Waals surface area contributed by atoms with Gasteiger partial charge in [0.15, 0.2) is 0 Å². The molecule has 0 unspecified atom stereocenters. The third-order valence-electron chi connectivity index (χ3n) is 2.09. The van der Waals surface area contributed by atoms with E-state index in [-0.39, 0.29) is 5.91 Å². The third-order valence-corrected chi connectivity index (χ3v) is 2.09. The summed E-state index contributed by atoms with van der Waals surface area (Å²) < 4.78 is 4.93. The highest BCUT2D eigenvalue weighted by Gasteiger charge is 2.09. The molecule has 1 aromatic rings. The van der Waals surface area contributed by atoms with E-state index in [9.17, 15) is 4.79 Å². The number of amides is 1. The van der Waals surface area contributed by atoms with Gasteiger partial charge in [-0.2, -0.15) is 0 Å². The molecule has 0 atom stereocenters. The molecule has 0 saturated carbocycles. The monoisotopic (exact) mass is 250 g/mol. The van der Waals surface area contributed by atoms with Crippen LogP contribution >= 0.6 is 0 Å². The van der Waals surface area contributed by atoms with Crippen molar-refractivity contribution >= 4 is 11.7 Å². The molecule has 0 bridgehead atoms. The van der Waals surface area contributed by atoms with Gasteiger partial charge in [0.05, 0.1) is 6.61 Å². The van der Waals surface area contributed by atoms with Crippen LogP contribution in [0, 0.1) is 6.92 Å². The average molecular weight is 250 g/mol.